The highest BCUT2D eigenvalue weighted by molar-refractivity contribution is 5.04. The Bertz CT molecular complexity index is 250. The van der Waals surface area contributed by atoms with Crippen molar-refractivity contribution in [1.82, 2.24) is 9.78 Å². The summed E-state index contributed by atoms with van der Waals surface area (Å²) in [6.45, 7) is 0.449. The van der Waals surface area contributed by atoms with Crippen molar-refractivity contribution in [1.29, 1.82) is 0 Å². The molecule has 1 aromatic rings. The van der Waals surface area contributed by atoms with Gasteiger partial charge in [-0.25, -0.2) is 4.68 Å². The van der Waals surface area contributed by atoms with E-state index in [-0.39, 0.29) is 12.2 Å². The number of hydrogen-bond acceptors (Lipinski definition) is 3. The van der Waals surface area contributed by atoms with Crippen LogP contribution >= 0.6 is 0 Å². The quantitative estimate of drug-likeness (QED) is 0.707. The van der Waals surface area contributed by atoms with Crippen molar-refractivity contribution in [3.8, 4) is 0 Å². The first kappa shape index (κ1) is 9.15. The Morgan fingerprint density at radius 3 is 3.00 bits per heavy atom. The number of aliphatic hydroxyl groups excluding tert-OH is 1. The number of nitrogens with zero attached hydrogens (tertiary/aromatic N) is 2. The van der Waals surface area contributed by atoms with Crippen molar-refractivity contribution in [2.75, 3.05) is 13.7 Å². The average molecular weight is 174 g/mol. The van der Waals surface area contributed by atoms with Crippen LogP contribution in [0.15, 0.2) is 6.20 Å². The van der Waals surface area contributed by atoms with Crippen LogP contribution in [0.5, 0.6) is 0 Å². The van der Waals surface area contributed by atoms with Crippen molar-refractivity contribution in [3.63, 3.8) is 0 Å². The fourth-order valence-electron chi connectivity index (χ4n) is 0.849. The number of aromatic nitrogens is 2. The molecule has 0 aliphatic rings. The van der Waals surface area contributed by atoms with E-state index >= 15 is 0 Å². The topological polar surface area (TPSA) is 47.3 Å². The van der Waals surface area contributed by atoms with Gasteiger partial charge in [-0.15, -0.1) is 0 Å². The summed E-state index contributed by atoms with van der Waals surface area (Å²) in [7, 11) is 1.54. The van der Waals surface area contributed by atoms with E-state index in [2.05, 4.69) is 5.10 Å². The van der Waals surface area contributed by atoms with Gasteiger partial charge in [0, 0.05) is 7.11 Å². The van der Waals surface area contributed by atoms with E-state index in [0.29, 0.717) is 13.2 Å². The number of rotatable bonds is 4. The molecule has 68 valence electrons. The molecule has 0 atom stereocenters. The smallest absolute Gasteiger partial charge is 0.217 e. The fourth-order valence-corrected chi connectivity index (χ4v) is 0.849. The summed E-state index contributed by atoms with van der Waals surface area (Å²) < 4.78 is 19.0. The number of ether oxygens (including phenoxy) is 1. The van der Waals surface area contributed by atoms with E-state index in [0.717, 1.165) is 4.68 Å². The molecule has 1 aromatic heterocycles. The van der Waals surface area contributed by atoms with Gasteiger partial charge in [0.05, 0.1) is 31.5 Å². The van der Waals surface area contributed by atoms with Crippen LogP contribution in [-0.4, -0.2) is 28.6 Å². The molecule has 4 nitrogen and oxygen atoms in total. The van der Waals surface area contributed by atoms with Crippen LogP contribution in [-0.2, 0) is 17.9 Å². The number of hydrogen-bond donors (Lipinski definition) is 1. The van der Waals surface area contributed by atoms with Gasteiger partial charge in [-0.3, -0.25) is 0 Å². The molecule has 0 saturated heterocycles. The van der Waals surface area contributed by atoms with E-state index in [9.17, 15) is 4.39 Å². The first-order chi connectivity index (χ1) is 5.79. The standard InChI is InChI=1S/C7H11FN2O2/c1-12-3-2-10-7(8)6(5-11)4-9-10/h4,11H,2-3,5H2,1H3. The van der Waals surface area contributed by atoms with E-state index in [1.165, 1.54) is 13.3 Å². The first-order valence-electron chi connectivity index (χ1n) is 3.59. The maximum atomic E-state index is 13.0. The van der Waals surface area contributed by atoms with E-state index in [4.69, 9.17) is 9.84 Å². The SMILES string of the molecule is COCCn1ncc(CO)c1F. The van der Waals surface area contributed by atoms with Gasteiger partial charge in [-0.1, -0.05) is 0 Å². The summed E-state index contributed by atoms with van der Waals surface area (Å²) in [5.41, 5.74) is 0.214. The maximum absolute atomic E-state index is 13.0. The van der Waals surface area contributed by atoms with Crippen LogP contribution in [0.3, 0.4) is 0 Å². The zero-order chi connectivity index (χ0) is 8.97. The second-order valence-corrected chi connectivity index (χ2v) is 2.33. The summed E-state index contributed by atoms with van der Waals surface area (Å²) in [6.07, 6.45) is 1.31. The Kier molecular flexibility index (Phi) is 3.19. The molecular weight excluding hydrogens is 163 g/mol. The van der Waals surface area contributed by atoms with Crippen LogP contribution in [0, 0.1) is 5.95 Å². The highest BCUT2D eigenvalue weighted by Gasteiger charge is 2.07. The minimum absolute atomic E-state index is 0.214. The zero-order valence-corrected chi connectivity index (χ0v) is 6.83. The Balaban J connectivity index is 2.66. The molecule has 1 heterocycles. The molecule has 0 amide bonds. The van der Waals surface area contributed by atoms with Crippen LogP contribution in [0.4, 0.5) is 4.39 Å². The molecule has 0 bridgehead atoms. The largest absolute Gasteiger partial charge is 0.391 e. The van der Waals surface area contributed by atoms with Gasteiger partial charge >= 0.3 is 0 Å². The van der Waals surface area contributed by atoms with Gasteiger partial charge in [0.2, 0.25) is 5.95 Å². The van der Waals surface area contributed by atoms with Crippen LogP contribution in [0.25, 0.3) is 0 Å². The number of aliphatic hydroxyl groups is 1. The Morgan fingerprint density at radius 1 is 1.75 bits per heavy atom. The Morgan fingerprint density at radius 2 is 2.50 bits per heavy atom. The molecule has 0 radical (unpaired) electrons. The van der Waals surface area contributed by atoms with Gasteiger partial charge in [0.15, 0.2) is 0 Å². The highest BCUT2D eigenvalue weighted by atomic mass is 19.1. The van der Waals surface area contributed by atoms with Gasteiger partial charge in [0.1, 0.15) is 0 Å². The van der Waals surface area contributed by atoms with Crippen molar-refractivity contribution in [2.24, 2.45) is 0 Å². The summed E-state index contributed by atoms with van der Waals surface area (Å²) in [5.74, 6) is -0.491. The third-order valence-corrected chi connectivity index (χ3v) is 1.52. The monoisotopic (exact) mass is 174 g/mol. The van der Waals surface area contributed by atoms with Crippen molar-refractivity contribution >= 4 is 0 Å². The van der Waals surface area contributed by atoms with Gasteiger partial charge < -0.3 is 9.84 Å². The molecule has 5 heteroatoms. The molecule has 0 aliphatic carbocycles. The number of halogens is 1. The lowest BCUT2D eigenvalue weighted by atomic mass is 10.4. The first-order valence-corrected chi connectivity index (χ1v) is 3.59. The number of methoxy groups -OCH3 is 1. The molecule has 0 saturated carbocycles. The minimum atomic E-state index is -0.491. The van der Waals surface area contributed by atoms with E-state index in [1.807, 2.05) is 0 Å². The van der Waals surface area contributed by atoms with Gasteiger partial charge in [-0.05, 0) is 0 Å². The molecule has 0 aliphatic heterocycles. The van der Waals surface area contributed by atoms with E-state index in [1.54, 1.807) is 0 Å². The van der Waals surface area contributed by atoms with Crippen LogP contribution in [0.1, 0.15) is 5.56 Å². The molecule has 0 spiro atoms. The van der Waals surface area contributed by atoms with Crippen molar-refractivity contribution in [2.45, 2.75) is 13.2 Å². The molecule has 0 fully saturated rings. The van der Waals surface area contributed by atoms with Gasteiger partial charge in [0.25, 0.3) is 0 Å². The molecule has 12 heavy (non-hydrogen) atoms. The summed E-state index contributed by atoms with van der Waals surface area (Å²) in [4.78, 5) is 0. The minimum Gasteiger partial charge on any atom is -0.391 e. The third-order valence-electron chi connectivity index (χ3n) is 1.52. The lowest BCUT2D eigenvalue weighted by Crippen LogP contribution is -2.08. The predicted molar refractivity (Wildman–Crippen MR) is 40.0 cm³/mol. The lowest BCUT2D eigenvalue weighted by Gasteiger charge is -2.00. The second kappa shape index (κ2) is 4.18. The summed E-state index contributed by atoms with van der Waals surface area (Å²) in [6, 6.07) is 0. The lowest BCUT2D eigenvalue weighted by molar-refractivity contribution is 0.178. The normalized spacial score (nSPS) is 10.6. The predicted octanol–water partition coefficient (Wildman–Crippen LogP) is 0.161. The van der Waals surface area contributed by atoms with Crippen LogP contribution in [0.2, 0.25) is 0 Å². The highest BCUT2D eigenvalue weighted by Crippen LogP contribution is 2.05. The maximum Gasteiger partial charge on any atom is 0.217 e. The summed E-state index contributed by atoms with van der Waals surface area (Å²) >= 11 is 0. The Hall–Kier alpha value is -0.940. The van der Waals surface area contributed by atoms with E-state index < -0.39 is 5.95 Å². The second-order valence-electron chi connectivity index (χ2n) is 2.33. The molecule has 1 rings (SSSR count). The average Bonchev–Trinajstić information content (AvgIpc) is 2.43. The van der Waals surface area contributed by atoms with Crippen molar-refractivity contribution < 1.29 is 14.2 Å². The van der Waals surface area contributed by atoms with Crippen molar-refractivity contribution in [3.05, 3.63) is 17.7 Å². The third kappa shape index (κ3) is 1.80. The zero-order valence-electron chi connectivity index (χ0n) is 6.83. The molecule has 1 N–H and O–H groups in total. The van der Waals surface area contributed by atoms with Gasteiger partial charge in [-0.2, -0.15) is 9.49 Å². The fraction of sp³-hybridized carbons (Fsp3) is 0.571. The molecular formula is C7H11FN2O2. The summed E-state index contributed by atoms with van der Waals surface area (Å²) in [5, 5.41) is 12.4. The molecule has 0 unspecified atom stereocenters. The van der Waals surface area contributed by atoms with Crippen LogP contribution < -0.4 is 0 Å². The Labute approximate surface area is 69.6 Å². The molecule has 0 aromatic carbocycles.